The molecule has 0 spiro atoms. The molecule has 0 unspecified atom stereocenters. The van der Waals surface area contributed by atoms with Crippen molar-refractivity contribution in [3.05, 3.63) is 87.6 Å². The predicted octanol–water partition coefficient (Wildman–Crippen LogP) is 3.54. The standard InChI is InChI=1S/C29H34N2O5SSi/c1-19-16-20(29(32)33)8-11-23(19)28-24-12-9-21(30(2)3)17-26(24)38(5,6)27-18-22(10-13-25(27)28)31(4)14-7-15-37(34,35)36/h8-13,16-18H,7,14-15H2,1-6H3,(H-,32,33,34,35,36). The normalized spacial score (nSPS) is 17.5. The molecular weight excluding hydrogens is 516 g/mol. The van der Waals surface area contributed by atoms with E-state index in [-0.39, 0.29) is 17.7 Å². The van der Waals surface area contributed by atoms with E-state index < -0.39 is 24.2 Å². The van der Waals surface area contributed by atoms with Crippen LogP contribution in [-0.4, -0.2) is 75.8 Å². The second-order valence-corrected chi connectivity index (χ2v) is 16.6. The molecule has 0 aromatic heterocycles. The molecule has 9 heteroatoms. The summed E-state index contributed by atoms with van der Waals surface area (Å²) in [6, 6.07) is 11.9. The summed E-state index contributed by atoms with van der Waals surface area (Å²) in [6.45, 7) is 7.09. The third kappa shape index (κ3) is 5.32. The number of carboxylic acids is 1. The van der Waals surface area contributed by atoms with Gasteiger partial charge in [-0.15, -0.1) is 0 Å². The van der Waals surface area contributed by atoms with Crippen LogP contribution in [0, 0.1) is 6.92 Å². The summed E-state index contributed by atoms with van der Waals surface area (Å²) in [5, 5.41) is 12.1. The van der Waals surface area contributed by atoms with E-state index in [1.165, 1.54) is 15.9 Å². The van der Waals surface area contributed by atoms with Crippen molar-refractivity contribution >= 4 is 46.3 Å². The maximum absolute atomic E-state index is 11.6. The van der Waals surface area contributed by atoms with Crippen LogP contribution >= 0.6 is 0 Å². The van der Waals surface area contributed by atoms with E-state index in [4.69, 9.17) is 0 Å². The number of anilines is 1. The SMILES string of the molecule is Cc1cc(C(=O)O)ccc1C1=C2C=C/C(=[N+](/C)CCCS(=O)(=O)[O-])C=C2[Si](C)(C)c2cc(N(C)C)ccc21. The highest BCUT2D eigenvalue weighted by Crippen LogP contribution is 2.42. The monoisotopic (exact) mass is 550 g/mol. The zero-order valence-corrected chi connectivity index (χ0v) is 24.5. The Morgan fingerprint density at radius 2 is 1.76 bits per heavy atom. The Morgan fingerprint density at radius 1 is 1.08 bits per heavy atom. The van der Waals surface area contributed by atoms with Gasteiger partial charge in [0.25, 0.3) is 0 Å². The smallest absolute Gasteiger partial charge is 0.335 e. The number of rotatable bonds is 7. The van der Waals surface area contributed by atoms with Gasteiger partial charge in [-0.2, -0.15) is 0 Å². The lowest BCUT2D eigenvalue weighted by atomic mass is 9.87. The van der Waals surface area contributed by atoms with Gasteiger partial charge in [-0.1, -0.05) is 25.2 Å². The molecule has 4 rings (SSSR count). The minimum Gasteiger partial charge on any atom is -0.748 e. The summed E-state index contributed by atoms with van der Waals surface area (Å²) < 4.78 is 35.2. The Hall–Kier alpha value is -3.27. The van der Waals surface area contributed by atoms with Crippen LogP contribution in [0.2, 0.25) is 13.1 Å². The van der Waals surface area contributed by atoms with Crippen LogP contribution < -0.4 is 10.1 Å². The molecule has 1 aliphatic heterocycles. The predicted molar refractivity (Wildman–Crippen MR) is 155 cm³/mol. The molecule has 1 N–H and O–H groups in total. The van der Waals surface area contributed by atoms with Crippen LogP contribution in [0.4, 0.5) is 5.69 Å². The van der Waals surface area contributed by atoms with Crippen molar-refractivity contribution in [2.75, 3.05) is 38.3 Å². The van der Waals surface area contributed by atoms with Gasteiger partial charge in [-0.3, -0.25) is 0 Å². The summed E-state index contributed by atoms with van der Waals surface area (Å²) >= 11 is 0. The van der Waals surface area contributed by atoms with E-state index >= 15 is 0 Å². The van der Waals surface area contributed by atoms with Crippen LogP contribution in [0.25, 0.3) is 5.57 Å². The maximum atomic E-state index is 11.6. The fourth-order valence-corrected chi connectivity index (χ4v) is 8.87. The lowest BCUT2D eigenvalue weighted by Gasteiger charge is -2.38. The highest BCUT2D eigenvalue weighted by molar-refractivity contribution is 7.85. The van der Waals surface area contributed by atoms with Crippen molar-refractivity contribution in [2.24, 2.45) is 0 Å². The Bertz CT molecular complexity index is 1560. The number of carbonyl (C=O) groups is 1. The average Bonchev–Trinajstić information content (AvgIpc) is 2.83. The number of nitrogens with zero attached hydrogens (tertiary/aromatic N) is 2. The zero-order valence-electron chi connectivity index (χ0n) is 22.7. The molecule has 2 aromatic carbocycles. The van der Waals surface area contributed by atoms with Crippen LogP contribution in [0.15, 0.2) is 65.4 Å². The van der Waals surface area contributed by atoms with E-state index in [0.29, 0.717) is 6.54 Å². The summed E-state index contributed by atoms with van der Waals surface area (Å²) in [6.07, 6.45) is 6.64. The molecule has 0 atom stereocenters. The third-order valence-electron chi connectivity index (χ3n) is 7.48. The van der Waals surface area contributed by atoms with Crippen molar-refractivity contribution in [1.29, 1.82) is 0 Å². The quantitative estimate of drug-likeness (QED) is 0.322. The highest BCUT2D eigenvalue weighted by Gasteiger charge is 2.40. The molecule has 1 heterocycles. The molecule has 2 aromatic rings. The van der Waals surface area contributed by atoms with E-state index in [1.807, 2.05) is 44.8 Å². The Labute approximate surface area is 225 Å². The van der Waals surface area contributed by atoms with Gasteiger partial charge in [0.2, 0.25) is 0 Å². The summed E-state index contributed by atoms with van der Waals surface area (Å²) in [5.41, 5.74) is 7.65. The molecule has 0 saturated carbocycles. The third-order valence-corrected chi connectivity index (χ3v) is 11.8. The molecule has 0 bridgehead atoms. The zero-order chi connectivity index (χ0) is 28.0. The molecule has 1 aliphatic carbocycles. The van der Waals surface area contributed by atoms with Crippen LogP contribution in [-0.2, 0) is 10.1 Å². The van der Waals surface area contributed by atoms with Gasteiger partial charge in [0, 0.05) is 44.1 Å². The summed E-state index contributed by atoms with van der Waals surface area (Å²) in [4.78, 5) is 13.7. The lowest BCUT2D eigenvalue weighted by molar-refractivity contribution is -0.495. The fraction of sp³-hybridized carbons (Fsp3) is 0.310. The topological polar surface area (TPSA) is 101 Å². The second kappa shape index (κ2) is 10.1. The average molecular weight is 551 g/mol. The Balaban J connectivity index is 1.94. The molecule has 0 fully saturated rings. The van der Waals surface area contributed by atoms with E-state index in [0.717, 1.165) is 33.7 Å². The number of fused-ring (bicyclic) bond motifs is 2. The molecule has 0 amide bonds. The van der Waals surface area contributed by atoms with Gasteiger partial charge in [0.05, 0.1) is 15.7 Å². The van der Waals surface area contributed by atoms with Gasteiger partial charge in [-0.25, -0.2) is 17.8 Å². The molecule has 38 heavy (non-hydrogen) atoms. The van der Waals surface area contributed by atoms with Crippen LogP contribution in [0.1, 0.15) is 33.5 Å². The van der Waals surface area contributed by atoms with Gasteiger partial charge in [0.15, 0.2) is 5.71 Å². The number of allylic oxidation sites excluding steroid dienone is 5. The molecule has 0 saturated heterocycles. The van der Waals surface area contributed by atoms with Crippen LogP contribution in [0.3, 0.4) is 0 Å². The largest absolute Gasteiger partial charge is 0.748 e. The first-order valence-electron chi connectivity index (χ1n) is 12.5. The number of aryl methyl sites for hydroxylation is 1. The van der Waals surface area contributed by atoms with Gasteiger partial charge >= 0.3 is 5.97 Å². The summed E-state index contributed by atoms with van der Waals surface area (Å²) in [5.74, 6) is -1.33. The maximum Gasteiger partial charge on any atom is 0.335 e. The number of hydrogen-bond acceptors (Lipinski definition) is 5. The molecule has 0 radical (unpaired) electrons. The van der Waals surface area contributed by atoms with E-state index in [9.17, 15) is 22.9 Å². The molecule has 2 aliphatic rings. The number of hydrogen-bond donors (Lipinski definition) is 1. The highest BCUT2D eigenvalue weighted by atomic mass is 32.2. The fourth-order valence-electron chi connectivity index (χ4n) is 5.32. The molecular formula is C29H34N2O5SSi. The minimum atomic E-state index is -4.24. The van der Waals surface area contributed by atoms with Crippen molar-refractivity contribution in [3.8, 4) is 0 Å². The Kier molecular flexibility index (Phi) is 7.40. The van der Waals surface area contributed by atoms with Crippen molar-refractivity contribution in [3.63, 3.8) is 0 Å². The van der Waals surface area contributed by atoms with Gasteiger partial charge in [-0.05, 0) is 75.5 Å². The van der Waals surface area contributed by atoms with Crippen molar-refractivity contribution < 1.29 is 27.4 Å². The van der Waals surface area contributed by atoms with Gasteiger partial charge < -0.3 is 14.6 Å². The van der Waals surface area contributed by atoms with E-state index in [1.54, 1.807) is 12.1 Å². The number of benzene rings is 2. The van der Waals surface area contributed by atoms with Gasteiger partial charge in [0.1, 0.15) is 21.7 Å². The van der Waals surface area contributed by atoms with Crippen molar-refractivity contribution in [2.45, 2.75) is 26.4 Å². The first-order valence-corrected chi connectivity index (χ1v) is 17.1. The first-order chi connectivity index (χ1) is 17.7. The minimum absolute atomic E-state index is 0.262. The lowest BCUT2D eigenvalue weighted by Crippen LogP contribution is -2.49. The Morgan fingerprint density at radius 3 is 2.37 bits per heavy atom. The van der Waals surface area contributed by atoms with Crippen LogP contribution in [0.5, 0.6) is 0 Å². The van der Waals surface area contributed by atoms with E-state index in [2.05, 4.69) is 48.3 Å². The summed E-state index contributed by atoms with van der Waals surface area (Å²) in [7, 11) is -0.457. The van der Waals surface area contributed by atoms with Crippen molar-refractivity contribution in [1.82, 2.24) is 0 Å². The second-order valence-electron chi connectivity index (χ2n) is 10.7. The molecule has 200 valence electrons. The molecule has 7 nitrogen and oxygen atoms in total. The number of carboxylic acid groups (broad SMARTS) is 1. The number of aromatic carboxylic acids is 1. The first kappa shape index (κ1) is 27.8.